The number of benzene rings is 2. The van der Waals surface area contributed by atoms with Crippen LogP contribution in [0.15, 0.2) is 54.6 Å². The number of hydrogen-bond acceptors (Lipinski definition) is 3. The van der Waals surface area contributed by atoms with Crippen LogP contribution in [-0.2, 0) is 21.9 Å². The van der Waals surface area contributed by atoms with Crippen molar-refractivity contribution >= 4 is 23.6 Å². The highest BCUT2D eigenvalue weighted by Crippen LogP contribution is 2.17. The van der Waals surface area contributed by atoms with Crippen molar-refractivity contribution < 1.29 is 14.0 Å². The van der Waals surface area contributed by atoms with Crippen molar-refractivity contribution in [1.82, 2.24) is 10.2 Å². The topological polar surface area (TPSA) is 49.4 Å². The lowest BCUT2D eigenvalue weighted by molar-refractivity contribution is -0.141. The van der Waals surface area contributed by atoms with Gasteiger partial charge in [-0.1, -0.05) is 56.3 Å². The van der Waals surface area contributed by atoms with Gasteiger partial charge in [-0.2, -0.15) is 11.8 Å². The fraction of sp³-hybridized carbons (Fsp3) is 0.417. The summed E-state index contributed by atoms with van der Waals surface area (Å²) in [6, 6.07) is 15.7. The molecule has 0 saturated heterocycles. The lowest BCUT2D eigenvalue weighted by Crippen LogP contribution is -2.49. The Labute approximate surface area is 183 Å². The molecule has 0 aromatic heterocycles. The molecule has 2 rings (SSSR count). The first-order valence-electron chi connectivity index (χ1n) is 10.5. The minimum Gasteiger partial charge on any atom is -0.354 e. The zero-order chi connectivity index (χ0) is 21.8. The maximum Gasteiger partial charge on any atom is 0.242 e. The molecular formula is C24H31FN2O2S. The van der Waals surface area contributed by atoms with Crippen LogP contribution in [0.25, 0.3) is 0 Å². The van der Waals surface area contributed by atoms with E-state index in [2.05, 4.69) is 17.4 Å². The molecule has 1 N–H and O–H groups in total. The lowest BCUT2D eigenvalue weighted by atomic mass is 10.1. The average Bonchev–Trinajstić information content (AvgIpc) is 2.77. The zero-order valence-corrected chi connectivity index (χ0v) is 18.6. The molecule has 2 aromatic rings. The molecular weight excluding hydrogens is 399 g/mol. The highest BCUT2D eigenvalue weighted by molar-refractivity contribution is 7.98. The summed E-state index contributed by atoms with van der Waals surface area (Å²) in [5.41, 5.74) is 2.03. The molecule has 0 bridgehead atoms. The normalized spacial score (nSPS) is 11.7. The number of rotatable bonds is 12. The van der Waals surface area contributed by atoms with E-state index in [0.29, 0.717) is 31.7 Å². The molecule has 162 valence electrons. The summed E-state index contributed by atoms with van der Waals surface area (Å²) in [7, 11) is 0. The summed E-state index contributed by atoms with van der Waals surface area (Å²) in [6.45, 7) is 4.78. The third-order valence-electron chi connectivity index (χ3n) is 4.77. The second kappa shape index (κ2) is 13.1. The number of carbonyl (C=O) groups is 2. The minimum atomic E-state index is -0.534. The van der Waals surface area contributed by atoms with Crippen LogP contribution in [0.4, 0.5) is 4.39 Å². The number of amides is 2. The van der Waals surface area contributed by atoms with E-state index in [-0.39, 0.29) is 17.6 Å². The highest BCUT2D eigenvalue weighted by Gasteiger charge is 2.28. The maximum absolute atomic E-state index is 13.3. The number of thioether (sulfide) groups is 1. The van der Waals surface area contributed by atoms with Gasteiger partial charge < -0.3 is 10.2 Å². The lowest BCUT2D eigenvalue weighted by Gasteiger charge is -2.30. The van der Waals surface area contributed by atoms with Crippen LogP contribution in [-0.4, -0.2) is 35.1 Å². The summed E-state index contributed by atoms with van der Waals surface area (Å²) < 4.78 is 13.3. The van der Waals surface area contributed by atoms with E-state index in [1.807, 2.05) is 32.0 Å². The van der Waals surface area contributed by atoms with Crippen molar-refractivity contribution in [1.29, 1.82) is 0 Å². The Kier molecular flexibility index (Phi) is 10.4. The van der Waals surface area contributed by atoms with Gasteiger partial charge in [-0.15, -0.1) is 0 Å². The molecule has 0 unspecified atom stereocenters. The van der Waals surface area contributed by atoms with Crippen LogP contribution in [0.2, 0.25) is 0 Å². The molecule has 30 heavy (non-hydrogen) atoms. The van der Waals surface area contributed by atoms with Crippen molar-refractivity contribution in [3.63, 3.8) is 0 Å². The molecule has 0 aliphatic carbocycles. The SMILES string of the molecule is CCCNC(=O)[C@@H](CC)N(Cc1ccc(F)cc1)C(=O)CCSCc1ccccc1. The van der Waals surface area contributed by atoms with E-state index in [4.69, 9.17) is 0 Å². The van der Waals surface area contributed by atoms with Gasteiger partial charge in [0.05, 0.1) is 0 Å². The Morgan fingerprint density at radius 2 is 1.73 bits per heavy atom. The largest absolute Gasteiger partial charge is 0.354 e. The van der Waals surface area contributed by atoms with Crippen molar-refractivity contribution in [2.24, 2.45) is 0 Å². The molecule has 2 amide bonds. The Balaban J connectivity index is 2.03. The summed E-state index contributed by atoms with van der Waals surface area (Å²) in [5, 5.41) is 2.90. The number of nitrogens with one attached hydrogen (secondary N) is 1. The van der Waals surface area contributed by atoms with E-state index >= 15 is 0 Å². The van der Waals surface area contributed by atoms with E-state index in [9.17, 15) is 14.0 Å². The van der Waals surface area contributed by atoms with Crippen molar-refractivity contribution in [2.75, 3.05) is 12.3 Å². The molecule has 4 nitrogen and oxygen atoms in total. The van der Waals surface area contributed by atoms with Gasteiger partial charge in [-0.3, -0.25) is 9.59 Å². The minimum absolute atomic E-state index is 0.0571. The number of nitrogens with zero attached hydrogens (tertiary/aromatic N) is 1. The molecule has 1 atom stereocenters. The quantitative estimate of drug-likeness (QED) is 0.493. The Hall–Kier alpha value is -2.34. The Bertz CT molecular complexity index is 784. The van der Waals surface area contributed by atoms with E-state index in [0.717, 1.165) is 17.7 Å². The first kappa shape index (κ1) is 23.9. The van der Waals surface area contributed by atoms with Gasteiger partial charge in [-0.05, 0) is 36.1 Å². The number of halogens is 1. The highest BCUT2D eigenvalue weighted by atomic mass is 32.2. The smallest absolute Gasteiger partial charge is 0.242 e. The van der Waals surface area contributed by atoms with E-state index in [1.54, 1.807) is 28.8 Å². The second-order valence-electron chi connectivity index (χ2n) is 7.15. The third kappa shape index (κ3) is 7.82. The average molecular weight is 431 g/mol. The Morgan fingerprint density at radius 3 is 2.37 bits per heavy atom. The third-order valence-corrected chi connectivity index (χ3v) is 5.80. The molecule has 0 aliphatic heterocycles. The summed E-state index contributed by atoms with van der Waals surface area (Å²) in [5.74, 6) is 1.02. The zero-order valence-electron chi connectivity index (χ0n) is 17.8. The van der Waals surface area contributed by atoms with Crippen LogP contribution in [0, 0.1) is 5.82 Å². The van der Waals surface area contributed by atoms with Crippen LogP contribution in [0.1, 0.15) is 44.2 Å². The van der Waals surface area contributed by atoms with E-state index in [1.165, 1.54) is 17.7 Å². The molecule has 6 heteroatoms. The van der Waals surface area contributed by atoms with Crippen molar-refractivity contribution in [3.8, 4) is 0 Å². The Morgan fingerprint density at radius 1 is 1.03 bits per heavy atom. The van der Waals surface area contributed by atoms with Gasteiger partial charge in [0, 0.05) is 31.0 Å². The molecule has 2 aromatic carbocycles. The van der Waals surface area contributed by atoms with Gasteiger partial charge in [0.2, 0.25) is 11.8 Å². The summed E-state index contributed by atoms with van der Waals surface area (Å²) in [4.78, 5) is 27.4. The van der Waals surface area contributed by atoms with Gasteiger partial charge >= 0.3 is 0 Å². The predicted molar refractivity (Wildman–Crippen MR) is 122 cm³/mol. The fourth-order valence-electron chi connectivity index (χ4n) is 3.14. The maximum atomic E-state index is 13.3. The van der Waals surface area contributed by atoms with Crippen molar-refractivity contribution in [2.45, 2.75) is 51.4 Å². The molecule has 0 heterocycles. The predicted octanol–water partition coefficient (Wildman–Crippen LogP) is 4.78. The van der Waals surface area contributed by atoms with Gasteiger partial charge in [0.1, 0.15) is 11.9 Å². The molecule has 0 spiro atoms. The van der Waals surface area contributed by atoms with Crippen LogP contribution in [0.5, 0.6) is 0 Å². The first-order valence-corrected chi connectivity index (χ1v) is 11.6. The van der Waals surface area contributed by atoms with Crippen LogP contribution in [0.3, 0.4) is 0 Å². The molecule has 0 aliphatic rings. The van der Waals surface area contributed by atoms with Gasteiger partial charge in [-0.25, -0.2) is 4.39 Å². The standard InChI is InChI=1S/C24H31FN2O2S/c1-3-15-26-24(29)22(4-2)27(17-19-10-12-21(25)13-11-19)23(28)14-16-30-18-20-8-6-5-7-9-20/h5-13,22H,3-4,14-18H2,1-2H3,(H,26,29)/t22-/m1/s1. The van der Waals surface area contributed by atoms with Crippen molar-refractivity contribution in [3.05, 3.63) is 71.5 Å². The van der Waals surface area contributed by atoms with Gasteiger partial charge in [0.15, 0.2) is 0 Å². The number of carbonyl (C=O) groups excluding carboxylic acids is 2. The van der Waals surface area contributed by atoms with Gasteiger partial charge in [0.25, 0.3) is 0 Å². The summed E-state index contributed by atoms with van der Waals surface area (Å²) >= 11 is 1.70. The second-order valence-corrected chi connectivity index (χ2v) is 8.26. The molecule has 0 fully saturated rings. The monoisotopic (exact) mass is 430 g/mol. The summed E-state index contributed by atoms with van der Waals surface area (Å²) in [6.07, 6.45) is 1.72. The first-order chi connectivity index (χ1) is 14.5. The van der Waals surface area contributed by atoms with Crippen LogP contribution < -0.4 is 5.32 Å². The fourth-order valence-corrected chi connectivity index (χ4v) is 4.03. The molecule has 0 saturated carbocycles. The molecule has 0 radical (unpaired) electrons. The number of hydrogen-bond donors (Lipinski definition) is 1. The van der Waals surface area contributed by atoms with E-state index < -0.39 is 6.04 Å². The van der Waals surface area contributed by atoms with Crippen LogP contribution >= 0.6 is 11.8 Å².